The summed E-state index contributed by atoms with van der Waals surface area (Å²) in [5.74, 6) is 0.953. The van der Waals surface area contributed by atoms with Crippen LogP contribution in [0.1, 0.15) is 40.8 Å². The van der Waals surface area contributed by atoms with E-state index in [9.17, 15) is 4.79 Å². The van der Waals surface area contributed by atoms with Crippen molar-refractivity contribution in [2.24, 2.45) is 13.0 Å². The van der Waals surface area contributed by atoms with Gasteiger partial charge in [-0.15, -0.1) is 0 Å². The van der Waals surface area contributed by atoms with Crippen LogP contribution >= 0.6 is 11.6 Å². The Balaban J connectivity index is 1.66. The van der Waals surface area contributed by atoms with E-state index in [-0.39, 0.29) is 22.7 Å². The molecule has 1 atom stereocenters. The topological polar surface area (TPSA) is 77.1 Å². The molecule has 0 aliphatic heterocycles. The zero-order valence-corrected chi connectivity index (χ0v) is 14.2. The zero-order chi connectivity index (χ0) is 16.8. The maximum absolute atomic E-state index is 12.7. The zero-order valence-electron chi connectivity index (χ0n) is 13.4. The third-order valence-corrected chi connectivity index (χ3v) is 4.63. The van der Waals surface area contributed by atoms with Crippen molar-refractivity contribution in [3.63, 3.8) is 0 Å². The first-order valence-corrected chi connectivity index (χ1v) is 8.21. The average Bonchev–Trinajstić information content (AvgIpc) is 3.23. The Hall–Kier alpha value is -2.41. The number of carbonyl (C=O) groups is 1. The lowest BCUT2D eigenvalue weighted by Gasteiger charge is -2.17. The van der Waals surface area contributed by atoms with Gasteiger partial charge in [0.1, 0.15) is 10.8 Å². The second kappa shape index (κ2) is 5.59. The Morgan fingerprint density at radius 2 is 2.21 bits per heavy atom. The van der Waals surface area contributed by atoms with Gasteiger partial charge in [0.05, 0.1) is 6.04 Å². The summed E-state index contributed by atoms with van der Waals surface area (Å²) >= 11 is 6.31. The Labute approximate surface area is 143 Å². The molecule has 1 aliphatic carbocycles. The fraction of sp³-hybridized carbons (Fsp3) is 0.375. The molecule has 7 nitrogen and oxygen atoms in total. The molecule has 4 rings (SSSR count). The molecule has 1 aliphatic rings. The van der Waals surface area contributed by atoms with E-state index in [1.807, 2.05) is 24.7 Å². The van der Waals surface area contributed by atoms with Crippen molar-refractivity contribution >= 4 is 23.2 Å². The molecule has 3 aromatic heterocycles. The largest absolute Gasteiger partial charge is 0.340 e. The summed E-state index contributed by atoms with van der Waals surface area (Å²) in [6.45, 7) is 1.91. The van der Waals surface area contributed by atoms with Crippen molar-refractivity contribution in [1.29, 1.82) is 0 Å². The Kier molecular flexibility index (Phi) is 3.53. The van der Waals surface area contributed by atoms with Gasteiger partial charge in [-0.05, 0) is 31.2 Å². The normalized spacial score (nSPS) is 15.6. The lowest BCUT2D eigenvalue weighted by molar-refractivity contribution is 0.0923. The lowest BCUT2D eigenvalue weighted by Crippen LogP contribution is -2.32. The van der Waals surface area contributed by atoms with Crippen molar-refractivity contribution in [2.45, 2.75) is 25.8 Å². The van der Waals surface area contributed by atoms with E-state index in [0.29, 0.717) is 11.6 Å². The highest BCUT2D eigenvalue weighted by Crippen LogP contribution is 2.40. The van der Waals surface area contributed by atoms with Crippen LogP contribution in [-0.4, -0.2) is 30.1 Å². The average molecular weight is 345 g/mol. The van der Waals surface area contributed by atoms with E-state index in [0.717, 1.165) is 24.2 Å². The third kappa shape index (κ3) is 2.54. The molecule has 1 N–H and O–H groups in total. The van der Waals surface area contributed by atoms with Crippen LogP contribution in [0, 0.1) is 12.8 Å². The summed E-state index contributed by atoms with van der Waals surface area (Å²) in [5, 5.41) is 7.60. The molecule has 0 radical (unpaired) electrons. The molecule has 1 amide bonds. The Morgan fingerprint density at radius 1 is 1.42 bits per heavy atom. The molecule has 1 fully saturated rings. The lowest BCUT2D eigenvalue weighted by atomic mass is 10.1. The fourth-order valence-corrected chi connectivity index (χ4v) is 3.11. The highest BCUT2D eigenvalue weighted by atomic mass is 35.5. The van der Waals surface area contributed by atoms with Crippen LogP contribution in [0.4, 0.5) is 0 Å². The number of amides is 1. The molecule has 8 heteroatoms. The summed E-state index contributed by atoms with van der Waals surface area (Å²) in [7, 11) is 1.93. The molecule has 3 heterocycles. The Bertz CT molecular complexity index is 926. The van der Waals surface area contributed by atoms with Crippen molar-refractivity contribution in [3.8, 4) is 0 Å². The number of halogens is 1. The number of carbonyl (C=O) groups excluding carboxylic acids is 1. The summed E-state index contributed by atoms with van der Waals surface area (Å²) in [4.78, 5) is 21.4. The van der Waals surface area contributed by atoms with Crippen LogP contribution in [0.25, 0.3) is 5.65 Å². The number of fused-ring (bicyclic) bond motifs is 1. The second-order valence-electron chi connectivity index (χ2n) is 6.25. The molecule has 0 unspecified atom stereocenters. The number of aryl methyl sites for hydroxylation is 2. The van der Waals surface area contributed by atoms with Gasteiger partial charge in [0.15, 0.2) is 11.3 Å². The number of hydrogen-bond donors (Lipinski definition) is 1. The molecule has 24 heavy (non-hydrogen) atoms. The predicted octanol–water partition coefficient (Wildman–Crippen LogP) is 2.31. The molecule has 0 bridgehead atoms. The van der Waals surface area contributed by atoms with Gasteiger partial charge in [0, 0.05) is 31.8 Å². The van der Waals surface area contributed by atoms with E-state index in [2.05, 4.69) is 20.4 Å². The van der Waals surface area contributed by atoms with Gasteiger partial charge in [0.2, 0.25) is 0 Å². The van der Waals surface area contributed by atoms with E-state index >= 15 is 0 Å². The van der Waals surface area contributed by atoms with Gasteiger partial charge in [0.25, 0.3) is 5.91 Å². The first-order chi connectivity index (χ1) is 11.5. The number of hydrogen-bond acceptors (Lipinski definition) is 4. The molecular formula is C16H17ClN6O. The number of aromatic nitrogens is 5. The standard InChI is InChI=1S/C16H17ClN6O/c1-9-7-19-14-11(17)13(21-23(14)8-9)16(24)20-12(10-3-4-10)15-18-5-6-22(15)2/h5-8,10,12H,3-4H2,1-2H3,(H,20,24)/t12-/m1/s1. The SMILES string of the molecule is Cc1cnc2c(Cl)c(C(=O)N[C@@H](c3nccn3C)C3CC3)nn2c1. The van der Waals surface area contributed by atoms with Gasteiger partial charge in [-0.1, -0.05) is 11.6 Å². The Morgan fingerprint density at radius 3 is 2.88 bits per heavy atom. The number of rotatable bonds is 4. The molecule has 124 valence electrons. The minimum Gasteiger partial charge on any atom is -0.340 e. The van der Waals surface area contributed by atoms with Gasteiger partial charge in [-0.25, -0.2) is 14.5 Å². The van der Waals surface area contributed by atoms with Crippen LogP contribution < -0.4 is 5.32 Å². The highest BCUT2D eigenvalue weighted by molar-refractivity contribution is 6.36. The van der Waals surface area contributed by atoms with Gasteiger partial charge in [-0.2, -0.15) is 5.10 Å². The van der Waals surface area contributed by atoms with Gasteiger partial charge in [-0.3, -0.25) is 4.79 Å². The predicted molar refractivity (Wildman–Crippen MR) is 88.9 cm³/mol. The second-order valence-corrected chi connectivity index (χ2v) is 6.62. The van der Waals surface area contributed by atoms with E-state index < -0.39 is 0 Å². The van der Waals surface area contributed by atoms with Gasteiger partial charge < -0.3 is 9.88 Å². The molecule has 1 saturated carbocycles. The highest BCUT2D eigenvalue weighted by Gasteiger charge is 2.36. The number of nitrogens with one attached hydrogen (secondary N) is 1. The summed E-state index contributed by atoms with van der Waals surface area (Å²) in [5.41, 5.74) is 1.61. The van der Waals surface area contributed by atoms with Crippen molar-refractivity contribution in [2.75, 3.05) is 0 Å². The molecule has 0 spiro atoms. The minimum atomic E-state index is -0.303. The summed E-state index contributed by atoms with van der Waals surface area (Å²) < 4.78 is 3.47. The quantitative estimate of drug-likeness (QED) is 0.787. The monoisotopic (exact) mass is 344 g/mol. The van der Waals surface area contributed by atoms with E-state index in [1.54, 1.807) is 23.1 Å². The molecule has 0 saturated heterocycles. The first kappa shape index (κ1) is 15.1. The fourth-order valence-electron chi connectivity index (χ4n) is 2.85. The van der Waals surface area contributed by atoms with Crippen LogP contribution in [0.15, 0.2) is 24.8 Å². The van der Waals surface area contributed by atoms with Crippen LogP contribution in [0.5, 0.6) is 0 Å². The summed E-state index contributed by atoms with van der Waals surface area (Å²) in [6.07, 6.45) is 9.27. The third-order valence-electron chi connectivity index (χ3n) is 4.28. The van der Waals surface area contributed by atoms with Gasteiger partial charge >= 0.3 is 0 Å². The molecule has 0 aromatic carbocycles. The molecular weight excluding hydrogens is 328 g/mol. The van der Waals surface area contributed by atoms with Crippen molar-refractivity contribution in [3.05, 3.63) is 46.9 Å². The molecule has 3 aromatic rings. The van der Waals surface area contributed by atoms with E-state index in [1.165, 1.54) is 0 Å². The number of imidazole rings is 1. The first-order valence-electron chi connectivity index (χ1n) is 7.83. The van der Waals surface area contributed by atoms with E-state index in [4.69, 9.17) is 11.6 Å². The maximum atomic E-state index is 12.7. The smallest absolute Gasteiger partial charge is 0.274 e. The maximum Gasteiger partial charge on any atom is 0.274 e. The van der Waals surface area contributed by atoms with Crippen LogP contribution in [0.2, 0.25) is 5.02 Å². The van der Waals surface area contributed by atoms with Crippen LogP contribution in [-0.2, 0) is 7.05 Å². The van der Waals surface area contributed by atoms with Crippen LogP contribution in [0.3, 0.4) is 0 Å². The van der Waals surface area contributed by atoms with Crippen molar-refractivity contribution in [1.82, 2.24) is 29.5 Å². The minimum absolute atomic E-state index is 0.131. The number of nitrogens with zero attached hydrogens (tertiary/aromatic N) is 5. The van der Waals surface area contributed by atoms with Crippen molar-refractivity contribution < 1.29 is 4.79 Å². The summed E-state index contributed by atoms with van der Waals surface area (Å²) in [6, 6.07) is -0.131.